The van der Waals surface area contributed by atoms with Crippen LogP contribution in [0.4, 0.5) is 13.2 Å². The smallest absolute Gasteiger partial charge is 0.266 e. The highest BCUT2D eigenvalue weighted by molar-refractivity contribution is 7.99. The fraction of sp³-hybridized carbons (Fsp3) is 0.192. The van der Waals surface area contributed by atoms with Crippen molar-refractivity contribution in [1.29, 1.82) is 0 Å². The van der Waals surface area contributed by atoms with Gasteiger partial charge in [0.25, 0.3) is 5.56 Å². The van der Waals surface area contributed by atoms with Gasteiger partial charge in [0.15, 0.2) is 22.6 Å². The maximum absolute atomic E-state index is 14.0. The highest BCUT2D eigenvalue weighted by Gasteiger charge is 2.23. The van der Waals surface area contributed by atoms with Gasteiger partial charge in [-0.1, -0.05) is 48.2 Å². The number of fused-ring (bicyclic) bond motifs is 2. The lowest BCUT2D eigenvalue weighted by molar-refractivity contribution is -0.119. The van der Waals surface area contributed by atoms with Gasteiger partial charge in [0.1, 0.15) is 0 Å². The van der Waals surface area contributed by atoms with E-state index >= 15 is 0 Å². The summed E-state index contributed by atoms with van der Waals surface area (Å²) in [6, 6.07) is 15.9. The van der Waals surface area contributed by atoms with Gasteiger partial charge in [0, 0.05) is 12.1 Å². The molecule has 1 N–H and O–H groups in total. The number of carbonyl (C=O) groups is 1. The fourth-order valence-corrected chi connectivity index (χ4v) is 5.20. The summed E-state index contributed by atoms with van der Waals surface area (Å²) >= 11 is 0.966. The molecule has 0 spiro atoms. The predicted octanol–water partition coefficient (Wildman–Crippen LogP) is 5.09. The third-order valence-corrected chi connectivity index (χ3v) is 6.95. The van der Waals surface area contributed by atoms with Crippen LogP contribution in [0.3, 0.4) is 0 Å². The van der Waals surface area contributed by atoms with E-state index in [-0.39, 0.29) is 33.9 Å². The summed E-state index contributed by atoms with van der Waals surface area (Å²) < 4.78 is 42.5. The number of aryl methyl sites for hydroxylation is 1. The highest BCUT2D eigenvalue weighted by Crippen LogP contribution is 2.30. The first-order valence-corrected chi connectivity index (χ1v) is 12.1. The second-order valence-electron chi connectivity index (χ2n) is 8.28. The lowest BCUT2D eigenvalue weighted by Crippen LogP contribution is -2.32. The number of hydrogen-bond donors (Lipinski definition) is 1. The molecule has 178 valence electrons. The summed E-state index contributed by atoms with van der Waals surface area (Å²) in [6.45, 7) is 0. The van der Waals surface area contributed by atoms with Crippen LogP contribution in [0.1, 0.15) is 30.0 Å². The van der Waals surface area contributed by atoms with Crippen LogP contribution in [0.5, 0.6) is 0 Å². The van der Waals surface area contributed by atoms with Gasteiger partial charge in [-0.2, -0.15) is 0 Å². The highest BCUT2D eigenvalue weighted by atomic mass is 32.2. The zero-order valence-electron chi connectivity index (χ0n) is 18.4. The van der Waals surface area contributed by atoms with Crippen LogP contribution >= 0.6 is 11.8 Å². The summed E-state index contributed by atoms with van der Waals surface area (Å²) in [6.07, 6.45) is 2.75. The van der Waals surface area contributed by atoms with Gasteiger partial charge >= 0.3 is 0 Å². The summed E-state index contributed by atoms with van der Waals surface area (Å²) in [4.78, 5) is 30.5. The van der Waals surface area contributed by atoms with E-state index in [1.807, 2.05) is 18.2 Å². The van der Waals surface area contributed by atoms with E-state index in [4.69, 9.17) is 0 Å². The standard InChI is InChI=1S/C26H20F3N3O2S/c27-19-12-16(13-20(28)24(19)29)32-25(34)18-9-3-4-10-22(18)31-26(32)35-14-23(33)30-21-11-5-7-15-6-1-2-8-17(15)21/h1-4,6,8-10,12-13,21H,5,7,11,14H2,(H,30,33). The van der Waals surface area contributed by atoms with E-state index in [9.17, 15) is 22.8 Å². The fourth-order valence-electron chi connectivity index (χ4n) is 4.38. The van der Waals surface area contributed by atoms with Crippen molar-refractivity contribution in [2.45, 2.75) is 30.5 Å². The van der Waals surface area contributed by atoms with Gasteiger partial charge in [-0.15, -0.1) is 0 Å². The summed E-state index contributed by atoms with van der Waals surface area (Å²) in [7, 11) is 0. The molecule has 1 amide bonds. The molecule has 0 saturated heterocycles. The molecule has 0 saturated carbocycles. The Balaban J connectivity index is 1.46. The molecule has 1 aromatic heterocycles. The van der Waals surface area contributed by atoms with E-state index in [1.165, 1.54) is 5.56 Å². The minimum atomic E-state index is -1.63. The molecule has 1 atom stereocenters. The third kappa shape index (κ3) is 4.55. The summed E-state index contributed by atoms with van der Waals surface area (Å²) in [5, 5.41) is 3.33. The lowest BCUT2D eigenvalue weighted by Gasteiger charge is -2.26. The Labute approximate surface area is 203 Å². The van der Waals surface area contributed by atoms with Crippen LogP contribution in [0.15, 0.2) is 70.6 Å². The van der Waals surface area contributed by atoms with Crippen LogP contribution in [0.2, 0.25) is 0 Å². The Kier molecular flexibility index (Phi) is 6.34. The molecule has 35 heavy (non-hydrogen) atoms. The van der Waals surface area contributed by atoms with Crippen LogP contribution in [-0.2, 0) is 11.2 Å². The molecule has 0 bridgehead atoms. The number of carbonyl (C=O) groups excluding carboxylic acids is 1. The topological polar surface area (TPSA) is 64.0 Å². The van der Waals surface area contributed by atoms with Crippen molar-refractivity contribution in [2.75, 3.05) is 5.75 Å². The first kappa shape index (κ1) is 23.2. The number of benzene rings is 3. The van der Waals surface area contributed by atoms with E-state index < -0.39 is 23.0 Å². The number of thioether (sulfide) groups is 1. The number of nitrogens with one attached hydrogen (secondary N) is 1. The van der Waals surface area contributed by atoms with Crippen LogP contribution in [0, 0.1) is 17.5 Å². The van der Waals surface area contributed by atoms with Gasteiger partial charge < -0.3 is 5.32 Å². The van der Waals surface area contributed by atoms with E-state index in [2.05, 4.69) is 16.4 Å². The Morgan fingerprint density at radius 3 is 2.57 bits per heavy atom. The summed E-state index contributed by atoms with van der Waals surface area (Å²) in [5.74, 6) is -4.82. The molecule has 0 aliphatic heterocycles. The Bertz CT molecular complexity index is 1480. The monoisotopic (exact) mass is 495 g/mol. The van der Waals surface area contributed by atoms with E-state index in [0.717, 1.165) is 53.3 Å². The van der Waals surface area contributed by atoms with Crippen LogP contribution < -0.4 is 10.9 Å². The normalized spacial score (nSPS) is 15.1. The van der Waals surface area contributed by atoms with E-state index in [0.29, 0.717) is 5.52 Å². The quantitative estimate of drug-likeness (QED) is 0.238. The van der Waals surface area contributed by atoms with Crippen LogP contribution in [0.25, 0.3) is 16.6 Å². The maximum atomic E-state index is 14.0. The second kappa shape index (κ2) is 9.58. The van der Waals surface area contributed by atoms with Gasteiger partial charge in [-0.25, -0.2) is 18.2 Å². The molecule has 5 rings (SSSR count). The van der Waals surface area contributed by atoms with Crippen molar-refractivity contribution in [1.82, 2.24) is 14.9 Å². The minimum absolute atomic E-state index is 0.0679. The number of rotatable bonds is 5. The first-order chi connectivity index (χ1) is 16.9. The molecular formula is C26H20F3N3O2S. The van der Waals surface area contributed by atoms with Gasteiger partial charge in [-0.05, 0) is 42.5 Å². The number of hydrogen-bond acceptors (Lipinski definition) is 4. The molecule has 1 aliphatic rings. The average Bonchev–Trinajstić information content (AvgIpc) is 2.86. The van der Waals surface area contributed by atoms with Gasteiger partial charge in [0.05, 0.1) is 28.4 Å². The predicted molar refractivity (Wildman–Crippen MR) is 128 cm³/mol. The van der Waals surface area contributed by atoms with Crippen molar-refractivity contribution >= 4 is 28.6 Å². The molecule has 0 radical (unpaired) electrons. The minimum Gasteiger partial charge on any atom is -0.349 e. The molecule has 1 unspecified atom stereocenters. The van der Waals surface area contributed by atoms with Gasteiger partial charge in [-0.3, -0.25) is 14.2 Å². The van der Waals surface area contributed by atoms with Crippen molar-refractivity contribution in [3.63, 3.8) is 0 Å². The molecule has 1 heterocycles. The third-order valence-electron chi connectivity index (χ3n) is 6.01. The number of halogens is 3. The molecule has 3 aromatic carbocycles. The molecule has 9 heteroatoms. The molecule has 0 fully saturated rings. The largest absolute Gasteiger partial charge is 0.349 e. The van der Waals surface area contributed by atoms with E-state index in [1.54, 1.807) is 24.3 Å². The van der Waals surface area contributed by atoms with Crippen molar-refractivity contribution in [3.05, 3.63) is 99.6 Å². The zero-order chi connectivity index (χ0) is 24.5. The molecular weight excluding hydrogens is 475 g/mol. The Morgan fingerprint density at radius 1 is 1.06 bits per heavy atom. The number of para-hydroxylation sites is 1. The van der Waals surface area contributed by atoms with Gasteiger partial charge in [0.2, 0.25) is 5.91 Å². The van der Waals surface area contributed by atoms with Crippen LogP contribution in [-0.4, -0.2) is 21.2 Å². The number of amides is 1. The first-order valence-electron chi connectivity index (χ1n) is 11.1. The zero-order valence-corrected chi connectivity index (χ0v) is 19.2. The second-order valence-corrected chi connectivity index (χ2v) is 9.22. The molecule has 1 aliphatic carbocycles. The van der Waals surface area contributed by atoms with Crippen molar-refractivity contribution in [3.8, 4) is 5.69 Å². The van der Waals surface area contributed by atoms with Crippen molar-refractivity contribution in [2.24, 2.45) is 0 Å². The Morgan fingerprint density at radius 2 is 1.77 bits per heavy atom. The number of nitrogens with zero attached hydrogens (tertiary/aromatic N) is 2. The lowest BCUT2D eigenvalue weighted by atomic mass is 9.88. The maximum Gasteiger partial charge on any atom is 0.266 e. The van der Waals surface area contributed by atoms with Crippen molar-refractivity contribution < 1.29 is 18.0 Å². The SMILES string of the molecule is O=C(CSc1nc2ccccc2c(=O)n1-c1cc(F)c(F)c(F)c1)NC1CCCc2ccccc21. The Hall–Kier alpha value is -3.59. The molecule has 4 aromatic rings. The summed E-state index contributed by atoms with van der Waals surface area (Å²) in [5.41, 5.74) is 1.89. The molecule has 5 nitrogen and oxygen atoms in total. The average molecular weight is 496 g/mol. The number of aromatic nitrogens is 2.